The van der Waals surface area contributed by atoms with Gasteiger partial charge in [-0.25, -0.2) is 9.07 Å². The third-order valence-electron chi connectivity index (χ3n) is 6.43. The summed E-state index contributed by atoms with van der Waals surface area (Å²) in [4.78, 5) is 4.55. The lowest BCUT2D eigenvalue weighted by Gasteiger charge is -2.39. The van der Waals surface area contributed by atoms with E-state index in [2.05, 4.69) is 32.2 Å². The summed E-state index contributed by atoms with van der Waals surface area (Å²) in [6.45, 7) is 6.07. The number of piperazine rings is 1. The quantitative estimate of drug-likeness (QED) is 0.449. The molecular formula is C25H33FN6O2. The van der Waals surface area contributed by atoms with Gasteiger partial charge in [-0.1, -0.05) is 31.5 Å². The Hall–Kier alpha value is -3.20. The molecule has 4 rings (SSSR count). The third kappa shape index (κ3) is 5.30. The first kappa shape index (κ1) is 23.9. The van der Waals surface area contributed by atoms with Gasteiger partial charge in [0, 0.05) is 32.7 Å². The van der Waals surface area contributed by atoms with Crippen molar-refractivity contribution >= 4 is 5.69 Å². The van der Waals surface area contributed by atoms with Crippen LogP contribution in [0.3, 0.4) is 0 Å². The summed E-state index contributed by atoms with van der Waals surface area (Å²) in [6, 6.07) is 13.1. The van der Waals surface area contributed by atoms with Gasteiger partial charge in [-0.05, 0) is 53.1 Å². The lowest BCUT2D eigenvalue weighted by molar-refractivity contribution is 0.163. The van der Waals surface area contributed by atoms with Crippen LogP contribution in [0.1, 0.15) is 37.2 Å². The molecule has 182 valence electrons. The predicted molar refractivity (Wildman–Crippen MR) is 129 cm³/mol. The van der Waals surface area contributed by atoms with E-state index < -0.39 is 0 Å². The second-order valence-corrected chi connectivity index (χ2v) is 8.48. The number of methoxy groups -OCH3 is 2. The van der Waals surface area contributed by atoms with Gasteiger partial charge >= 0.3 is 0 Å². The summed E-state index contributed by atoms with van der Waals surface area (Å²) < 4.78 is 26.9. The fraction of sp³-hybridized carbons (Fsp3) is 0.480. The molecule has 1 atom stereocenters. The lowest BCUT2D eigenvalue weighted by atomic mass is 10.1. The van der Waals surface area contributed by atoms with Gasteiger partial charge in [0.05, 0.1) is 25.9 Å². The molecule has 1 saturated heterocycles. The van der Waals surface area contributed by atoms with Crippen molar-refractivity contribution in [3.63, 3.8) is 0 Å². The second-order valence-electron chi connectivity index (χ2n) is 8.48. The molecular weight excluding hydrogens is 435 g/mol. The smallest absolute Gasteiger partial charge is 0.168 e. The van der Waals surface area contributed by atoms with Crippen LogP contribution in [-0.2, 0) is 13.0 Å². The molecule has 34 heavy (non-hydrogen) atoms. The number of aryl methyl sites for hydroxylation is 2. The normalized spacial score (nSPS) is 15.4. The van der Waals surface area contributed by atoms with E-state index in [1.165, 1.54) is 6.07 Å². The van der Waals surface area contributed by atoms with Gasteiger partial charge in [-0.15, -0.1) is 5.10 Å². The van der Waals surface area contributed by atoms with Crippen LogP contribution in [0.5, 0.6) is 11.5 Å². The Morgan fingerprint density at radius 3 is 2.47 bits per heavy atom. The minimum atomic E-state index is -0.167. The Labute approximate surface area is 200 Å². The van der Waals surface area contributed by atoms with E-state index in [-0.39, 0.29) is 11.9 Å². The summed E-state index contributed by atoms with van der Waals surface area (Å²) in [7, 11) is 3.28. The molecule has 1 fully saturated rings. The molecule has 9 heteroatoms. The number of hydrogen-bond acceptors (Lipinski definition) is 7. The van der Waals surface area contributed by atoms with Crippen molar-refractivity contribution in [3.05, 3.63) is 59.7 Å². The number of anilines is 1. The minimum Gasteiger partial charge on any atom is -0.493 e. The number of halogens is 1. The summed E-state index contributed by atoms with van der Waals surface area (Å²) in [5.41, 5.74) is 1.80. The molecule has 1 aliphatic heterocycles. The lowest BCUT2D eigenvalue weighted by Crippen LogP contribution is -2.48. The molecule has 0 bridgehead atoms. The van der Waals surface area contributed by atoms with E-state index in [1.54, 1.807) is 20.3 Å². The van der Waals surface area contributed by atoms with E-state index in [1.807, 2.05) is 35.0 Å². The van der Waals surface area contributed by atoms with Gasteiger partial charge in [-0.3, -0.25) is 4.90 Å². The Balaban J connectivity index is 1.44. The first-order valence-electron chi connectivity index (χ1n) is 11.8. The maximum atomic E-state index is 14.2. The number of hydrogen-bond donors (Lipinski definition) is 0. The monoisotopic (exact) mass is 468 g/mol. The van der Waals surface area contributed by atoms with E-state index in [0.717, 1.165) is 56.8 Å². The van der Waals surface area contributed by atoms with Crippen LogP contribution in [0, 0.1) is 5.82 Å². The zero-order valence-corrected chi connectivity index (χ0v) is 20.2. The van der Waals surface area contributed by atoms with Crippen molar-refractivity contribution in [1.29, 1.82) is 0 Å². The van der Waals surface area contributed by atoms with Crippen molar-refractivity contribution < 1.29 is 13.9 Å². The van der Waals surface area contributed by atoms with Gasteiger partial charge < -0.3 is 14.4 Å². The van der Waals surface area contributed by atoms with Crippen LogP contribution >= 0.6 is 0 Å². The fourth-order valence-corrected chi connectivity index (χ4v) is 4.61. The largest absolute Gasteiger partial charge is 0.493 e. The van der Waals surface area contributed by atoms with Crippen LogP contribution in [0.25, 0.3) is 0 Å². The average molecular weight is 469 g/mol. The molecule has 0 spiro atoms. The van der Waals surface area contributed by atoms with Gasteiger partial charge in [0.1, 0.15) is 5.82 Å². The SMILES string of the molecule is CCC[C@@H](c1nnnn1CCc1ccc(OC)c(OC)c1)N1CCN(c2ccccc2F)CC1. The number of benzene rings is 2. The number of aromatic nitrogens is 4. The summed E-state index contributed by atoms with van der Waals surface area (Å²) in [5, 5.41) is 12.7. The minimum absolute atomic E-state index is 0.133. The van der Waals surface area contributed by atoms with Gasteiger partial charge in [0.25, 0.3) is 0 Å². The Kier molecular flexibility index (Phi) is 7.95. The standard InChI is InChI=1S/C25H33FN6O2/c1-4-7-22(31-16-14-30(15-17-31)21-9-6-5-8-20(21)26)25-27-28-29-32(25)13-12-19-10-11-23(33-2)24(18-19)34-3/h5-6,8-11,18,22H,4,7,12-17H2,1-3H3/t22-/m0/s1. The van der Waals surface area contributed by atoms with E-state index in [0.29, 0.717) is 23.7 Å². The molecule has 2 heterocycles. The Bertz CT molecular complexity index is 1070. The first-order chi connectivity index (χ1) is 16.6. The molecule has 2 aromatic carbocycles. The third-order valence-corrected chi connectivity index (χ3v) is 6.43. The Morgan fingerprint density at radius 2 is 1.76 bits per heavy atom. The highest BCUT2D eigenvalue weighted by molar-refractivity contribution is 5.48. The van der Waals surface area contributed by atoms with Crippen molar-refractivity contribution in [2.75, 3.05) is 45.3 Å². The summed E-state index contributed by atoms with van der Waals surface area (Å²) in [5.74, 6) is 2.15. The number of para-hydroxylation sites is 1. The zero-order valence-electron chi connectivity index (χ0n) is 20.2. The van der Waals surface area contributed by atoms with Gasteiger partial charge in [-0.2, -0.15) is 0 Å². The maximum Gasteiger partial charge on any atom is 0.168 e. The molecule has 0 aliphatic carbocycles. The zero-order chi connectivity index (χ0) is 23.9. The predicted octanol–water partition coefficient (Wildman–Crippen LogP) is 3.74. The second kappa shape index (κ2) is 11.3. The molecule has 0 N–H and O–H groups in total. The van der Waals surface area contributed by atoms with Crippen LogP contribution in [0.2, 0.25) is 0 Å². The van der Waals surface area contributed by atoms with Gasteiger partial charge in [0.2, 0.25) is 0 Å². The van der Waals surface area contributed by atoms with Crippen molar-refractivity contribution in [2.24, 2.45) is 0 Å². The van der Waals surface area contributed by atoms with Crippen LogP contribution in [-0.4, -0.2) is 65.5 Å². The summed E-state index contributed by atoms with van der Waals surface area (Å²) in [6.07, 6.45) is 2.77. The number of tetrazole rings is 1. The first-order valence-corrected chi connectivity index (χ1v) is 11.8. The molecule has 0 amide bonds. The fourth-order valence-electron chi connectivity index (χ4n) is 4.61. The molecule has 8 nitrogen and oxygen atoms in total. The Morgan fingerprint density at radius 1 is 1.00 bits per heavy atom. The average Bonchev–Trinajstić information content (AvgIpc) is 3.34. The molecule has 0 saturated carbocycles. The van der Waals surface area contributed by atoms with Crippen LogP contribution < -0.4 is 14.4 Å². The van der Waals surface area contributed by atoms with E-state index in [4.69, 9.17) is 9.47 Å². The number of nitrogens with zero attached hydrogens (tertiary/aromatic N) is 6. The summed E-state index contributed by atoms with van der Waals surface area (Å²) >= 11 is 0. The molecule has 0 unspecified atom stereocenters. The topological polar surface area (TPSA) is 68.5 Å². The van der Waals surface area contributed by atoms with Crippen LogP contribution in [0.15, 0.2) is 42.5 Å². The number of ether oxygens (including phenoxy) is 2. The van der Waals surface area contributed by atoms with E-state index in [9.17, 15) is 4.39 Å². The molecule has 1 aliphatic rings. The van der Waals surface area contributed by atoms with E-state index >= 15 is 0 Å². The molecule has 1 aromatic heterocycles. The molecule has 0 radical (unpaired) electrons. The van der Waals surface area contributed by atoms with Gasteiger partial charge in [0.15, 0.2) is 17.3 Å². The molecule has 3 aromatic rings. The highest BCUT2D eigenvalue weighted by atomic mass is 19.1. The number of rotatable bonds is 10. The van der Waals surface area contributed by atoms with Crippen molar-refractivity contribution in [3.8, 4) is 11.5 Å². The van der Waals surface area contributed by atoms with Crippen molar-refractivity contribution in [1.82, 2.24) is 25.1 Å². The highest BCUT2D eigenvalue weighted by Gasteiger charge is 2.29. The van der Waals surface area contributed by atoms with Crippen LogP contribution in [0.4, 0.5) is 10.1 Å². The highest BCUT2D eigenvalue weighted by Crippen LogP contribution is 2.29. The maximum absolute atomic E-state index is 14.2. The van der Waals surface area contributed by atoms with Crippen molar-refractivity contribution in [2.45, 2.75) is 38.8 Å².